The van der Waals surface area contributed by atoms with Crippen molar-refractivity contribution < 1.29 is 13.2 Å². The van der Waals surface area contributed by atoms with E-state index in [1.165, 1.54) is 0 Å². The largest absolute Gasteiger partial charge is 0.492 e. The lowest BCUT2D eigenvalue weighted by Crippen LogP contribution is -2.19. The van der Waals surface area contributed by atoms with Gasteiger partial charge in [0.05, 0.1) is 10.4 Å². The zero-order valence-electron chi connectivity index (χ0n) is 13.6. The monoisotopic (exact) mass is 345 g/mol. The number of hydrogen-bond acceptors (Lipinski definition) is 5. The highest BCUT2D eigenvalue weighted by Gasteiger charge is 2.23. The van der Waals surface area contributed by atoms with Gasteiger partial charge in [-0.15, -0.1) is 0 Å². The number of nitrogens with zero attached hydrogens (tertiary/aromatic N) is 2. The lowest BCUT2D eigenvalue weighted by atomic mass is 10.2. The van der Waals surface area contributed by atoms with E-state index in [0.717, 1.165) is 6.54 Å². The highest BCUT2D eigenvalue weighted by atomic mass is 32.2. The number of aromatic nitrogens is 2. The molecule has 0 aliphatic heterocycles. The summed E-state index contributed by atoms with van der Waals surface area (Å²) >= 11 is 0. The summed E-state index contributed by atoms with van der Waals surface area (Å²) in [5.74, 6) is 0.621. The summed E-state index contributed by atoms with van der Waals surface area (Å²) in [5, 5.41) is 7.36. The Balaban J connectivity index is 1.97. The van der Waals surface area contributed by atoms with Gasteiger partial charge in [-0.3, -0.25) is 5.10 Å². The molecule has 0 fully saturated rings. The van der Waals surface area contributed by atoms with Crippen molar-refractivity contribution in [1.29, 1.82) is 0 Å². The summed E-state index contributed by atoms with van der Waals surface area (Å²) in [7, 11) is 0.276. The number of rotatable bonds is 6. The van der Waals surface area contributed by atoms with Crippen molar-refractivity contribution in [1.82, 2.24) is 15.1 Å². The molecule has 6 nitrogen and oxygen atoms in total. The van der Waals surface area contributed by atoms with Crippen LogP contribution >= 0.6 is 0 Å². The summed E-state index contributed by atoms with van der Waals surface area (Å²) in [4.78, 5) is 2.25. The molecule has 3 aromatic rings. The Morgan fingerprint density at radius 2 is 1.88 bits per heavy atom. The Morgan fingerprint density at radius 1 is 1.12 bits per heavy atom. The molecule has 0 atom stereocenters. The van der Waals surface area contributed by atoms with Gasteiger partial charge in [-0.05, 0) is 44.4 Å². The minimum absolute atomic E-state index is 0.0850. The molecule has 1 N–H and O–H groups in total. The maximum atomic E-state index is 12.8. The molecule has 0 saturated carbocycles. The average Bonchev–Trinajstić information content (AvgIpc) is 2.99. The van der Waals surface area contributed by atoms with Crippen LogP contribution in [-0.4, -0.2) is 50.8 Å². The van der Waals surface area contributed by atoms with Crippen molar-refractivity contribution in [3.63, 3.8) is 0 Å². The summed E-state index contributed by atoms with van der Waals surface area (Å²) < 4.78 is 31.3. The molecular formula is C17H19N3O3S. The van der Waals surface area contributed by atoms with Crippen LogP contribution in [0.5, 0.6) is 5.75 Å². The van der Waals surface area contributed by atoms with Gasteiger partial charge in [0.1, 0.15) is 12.4 Å². The summed E-state index contributed by atoms with van der Waals surface area (Å²) in [5.41, 5.74) is 0.587. The number of ether oxygens (including phenoxy) is 1. The van der Waals surface area contributed by atoms with Gasteiger partial charge in [-0.2, -0.15) is 5.10 Å². The first-order valence-corrected chi connectivity index (χ1v) is 9.02. The van der Waals surface area contributed by atoms with E-state index in [-0.39, 0.29) is 9.92 Å². The van der Waals surface area contributed by atoms with Gasteiger partial charge in [-0.25, -0.2) is 8.42 Å². The third-order valence-electron chi connectivity index (χ3n) is 3.62. The van der Waals surface area contributed by atoms with E-state index in [1.807, 2.05) is 19.0 Å². The molecule has 0 saturated heterocycles. The molecule has 3 rings (SSSR count). The number of H-pyrrole nitrogens is 1. The Labute approximate surface area is 141 Å². The van der Waals surface area contributed by atoms with Crippen molar-refractivity contribution >= 4 is 20.7 Å². The average molecular weight is 345 g/mol. The quantitative estimate of drug-likeness (QED) is 0.742. The van der Waals surface area contributed by atoms with E-state index in [1.54, 1.807) is 48.5 Å². The van der Waals surface area contributed by atoms with Crippen LogP contribution in [0.2, 0.25) is 0 Å². The lowest BCUT2D eigenvalue weighted by molar-refractivity contribution is 0.261. The molecule has 24 heavy (non-hydrogen) atoms. The second kappa shape index (κ2) is 6.62. The SMILES string of the molecule is CN(C)CCOc1ccc2n[nH]c(S(=O)(=O)c3ccccc3)c2c1. The molecule has 7 heteroatoms. The van der Waals surface area contributed by atoms with Crippen molar-refractivity contribution in [2.45, 2.75) is 9.92 Å². The molecule has 0 radical (unpaired) electrons. The fraction of sp³-hybridized carbons (Fsp3) is 0.235. The van der Waals surface area contributed by atoms with Gasteiger partial charge in [0.25, 0.3) is 0 Å². The Kier molecular flexibility index (Phi) is 4.55. The van der Waals surface area contributed by atoms with Crippen LogP contribution in [0.1, 0.15) is 0 Å². The van der Waals surface area contributed by atoms with Gasteiger partial charge in [-0.1, -0.05) is 18.2 Å². The topological polar surface area (TPSA) is 75.3 Å². The molecule has 0 amide bonds. The van der Waals surface area contributed by atoms with Crippen molar-refractivity contribution in [3.05, 3.63) is 48.5 Å². The number of hydrogen-bond donors (Lipinski definition) is 1. The smallest absolute Gasteiger partial charge is 0.223 e. The second-order valence-electron chi connectivity index (χ2n) is 5.70. The molecule has 0 spiro atoms. The molecule has 0 aliphatic carbocycles. The van der Waals surface area contributed by atoms with Crippen LogP contribution in [0.25, 0.3) is 10.9 Å². The molecule has 126 valence electrons. The van der Waals surface area contributed by atoms with E-state index < -0.39 is 9.84 Å². The molecule has 2 aromatic carbocycles. The van der Waals surface area contributed by atoms with Crippen LogP contribution in [0, 0.1) is 0 Å². The van der Waals surface area contributed by atoms with Gasteiger partial charge >= 0.3 is 0 Å². The Hall–Kier alpha value is -2.38. The first-order valence-electron chi connectivity index (χ1n) is 7.54. The van der Waals surface area contributed by atoms with E-state index in [0.29, 0.717) is 23.3 Å². The summed E-state index contributed by atoms with van der Waals surface area (Å²) in [6, 6.07) is 13.6. The third-order valence-corrected chi connectivity index (χ3v) is 5.36. The number of nitrogens with one attached hydrogen (secondary N) is 1. The van der Waals surface area contributed by atoms with E-state index in [9.17, 15) is 8.42 Å². The van der Waals surface area contributed by atoms with Crippen LogP contribution in [0.15, 0.2) is 58.5 Å². The van der Waals surface area contributed by atoms with Gasteiger partial charge < -0.3 is 9.64 Å². The number of aromatic amines is 1. The molecular weight excluding hydrogens is 326 g/mol. The third kappa shape index (κ3) is 3.27. The highest BCUT2D eigenvalue weighted by molar-refractivity contribution is 7.91. The zero-order valence-corrected chi connectivity index (χ0v) is 14.4. The molecule has 0 aliphatic rings. The normalized spacial score (nSPS) is 12.0. The first-order chi connectivity index (χ1) is 11.5. The van der Waals surface area contributed by atoms with Crippen molar-refractivity contribution in [3.8, 4) is 5.75 Å². The van der Waals surface area contributed by atoms with E-state index in [4.69, 9.17) is 4.74 Å². The van der Waals surface area contributed by atoms with Gasteiger partial charge in [0.15, 0.2) is 5.03 Å². The van der Waals surface area contributed by atoms with Crippen molar-refractivity contribution in [2.75, 3.05) is 27.2 Å². The maximum absolute atomic E-state index is 12.8. The molecule has 1 heterocycles. The van der Waals surface area contributed by atoms with E-state index >= 15 is 0 Å². The minimum Gasteiger partial charge on any atom is -0.492 e. The summed E-state index contributed by atoms with van der Waals surface area (Å²) in [6.45, 7) is 1.30. The highest BCUT2D eigenvalue weighted by Crippen LogP contribution is 2.28. The summed E-state index contributed by atoms with van der Waals surface area (Å²) in [6.07, 6.45) is 0. The van der Waals surface area contributed by atoms with Crippen LogP contribution in [0.3, 0.4) is 0 Å². The van der Waals surface area contributed by atoms with Crippen LogP contribution < -0.4 is 4.74 Å². The number of fused-ring (bicyclic) bond motifs is 1. The molecule has 0 unspecified atom stereocenters. The van der Waals surface area contributed by atoms with Crippen LogP contribution in [-0.2, 0) is 9.84 Å². The number of likely N-dealkylation sites (N-methyl/N-ethyl adjacent to an activating group) is 1. The van der Waals surface area contributed by atoms with Crippen molar-refractivity contribution in [2.24, 2.45) is 0 Å². The first kappa shape index (κ1) is 16.5. The predicted octanol–water partition coefficient (Wildman–Crippen LogP) is 2.34. The van der Waals surface area contributed by atoms with Crippen LogP contribution in [0.4, 0.5) is 0 Å². The standard InChI is InChI=1S/C17H19N3O3S/c1-20(2)10-11-23-13-8-9-16-15(12-13)17(19-18-16)24(21,22)14-6-4-3-5-7-14/h3-9,12H,10-11H2,1-2H3,(H,18,19). The Morgan fingerprint density at radius 3 is 2.58 bits per heavy atom. The maximum Gasteiger partial charge on any atom is 0.223 e. The predicted molar refractivity (Wildman–Crippen MR) is 92.0 cm³/mol. The van der Waals surface area contributed by atoms with Gasteiger partial charge in [0.2, 0.25) is 9.84 Å². The Bertz CT molecular complexity index is 934. The second-order valence-corrected chi connectivity index (χ2v) is 7.59. The van der Waals surface area contributed by atoms with E-state index in [2.05, 4.69) is 10.2 Å². The number of benzene rings is 2. The zero-order chi connectivity index (χ0) is 17.2. The molecule has 0 bridgehead atoms. The lowest BCUT2D eigenvalue weighted by Gasteiger charge is -2.11. The molecule has 1 aromatic heterocycles. The fourth-order valence-corrected chi connectivity index (χ4v) is 3.69. The minimum atomic E-state index is -3.65. The fourth-order valence-electron chi connectivity index (χ4n) is 2.32. The number of sulfone groups is 1. The van der Waals surface area contributed by atoms with Gasteiger partial charge in [0, 0.05) is 11.9 Å².